The van der Waals surface area contributed by atoms with Crippen molar-refractivity contribution in [2.24, 2.45) is 17.8 Å². The van der Waals surface area contributed by atoms with Gasteiger partial charge in [-0.3, -0.25) is 14.4 Å². The van der Waals surface area contributed by atoms with E-state index in [2.05, 4.69) is 51.0 Å². The van der Waals surface area contributed by atoms with E-state index in [0.29, 0.717) is 24.0 Å². The van der Waals surface area contributed by atoms with Gasteiger partial charge in [0.15, 0.2) is 0 Å². The molecule has 10 heteroatoms. The van der Waals surface area contributed by atoms with Crippen LogP contribution in [0.3, 0.4) is 0 Å². The number of rotatable bonds is 3. The zero-order chi connectivity index (χ0) is 36.3. The second-order valence-electron chi connectivity index (χ2n) is 16.4. The Morgan fingerprint density at radius 1 is 1.04 bits per heavy atom. The molecule has 2 N–H and O–H groups in total. The Hall–Kier alpha value is -2.43. The second kappa shape index (κ2) is 16.5. The predicted molar refractivity (Wildman–Crippen MR) is 212 cm³/mol. The van der Waals surface area contributed by atoms with Crippen molar-refractivity contribution in [3.05, 3.63) is 70.3 Å². The number of hydrogen-bond donors (Lipinski definition) is 2. The maximum Gasteiger partial charge on any atom is 0.263 e. The molecule has 3 heterocycles. The highest BCUT2D eigenvalue weighted by Gasteiger charge is 2.49. The molecule has 7 atom stereocenters. The standard InChI is InChI=1S/C42H59ClN4O4S/c1-30-10-8-19-42(50-3,28-46-22-7-5-4-6-20-44-21-23-46)37-15-12-34(37)26-47-27-41(18-9-11-32-24-35(43)14-16-36(32)41)29-51-39-17-13-33(25-38(39)47)40(48)45-52(49)31(30)2/h8,13-14,16-17,19,24-25,30-31,34,37,44H,4-7,9-12,15,18,20-23,26-29H2,1-3H3,(H,45,48)/b19-8+/t30?,31?,34?,37?,41-,42-,52?/m0/s1. The third-order valence-corrected chi connectivity index (χ3v) is 14.8. The molecule has 52 heavy (non-hydrogen) atoms. The van der Waals surface area contributed by atoms with Crippen LogP contribution in [0.2, 0.25) is 5.02 Å². The molecule has 1 amide bonds. The van der Waals surface area contributed by atoms with Gasteiger partial charge in [0.25, 0.3) is 5.91 Å². The smallest absolute Gasteiger partial charge is 0.263 e. The number of carbonyl (C=O) groups excluding carboxylic acids is 1. The maximum absolute atomic E-state index is 13.6. The van der Waals surface area contributed by atoms with Gasteiger partial charge in [-0.2, -0.15) is 0 Å². The monoisotopic (exact) mass is 750 g/mol. The lowest BCUT2D eigenvalue weighted by Gasteiger charge is -2.52. The average molecular weight is 751 g/mol. The van der Waals surface area contributed by atoms with Gasteiger partial charge in [-0.25, -0.2) is 4.21 Å². The van der Waals surface area contributed by atoms with E-state index in [-0.39, 0.29) is 22.5 Å². The minimum Gasteiger partial charge on any atom is -0.490 e. The van der Waals surface area contributed by atoms with Crippen molar-refractivity contribution in [3.63, 3.8) is 0 Å². The molecule has 3 aliphatic heterocycles. The molecule has 2 aromatic carbocycles. The van der Waals surface area contributed by atoms with Crippen LogP contribution in [0.15, 0.2) is 48.6 Å². The number of methoxy groups -OCH3 is 1. The van der Waals surface area contributed by atoms with Crippen LogP contribution in [0.5, 0.6) is 5.75 Å². The first-order chi connectivity index (χ1) is 25.2. The first kappa shape index (κ1) is 37.9. The Morgan fingerprint density at radius 2 is 1.90 bits per heavy atom. The average Bonchev–Trinajstić information content (AvgIpc) is 3.28. The Labute approximate surface area is 319 Å². The molecule has 1 saturated carbocycles. The highest BCUT2D eigenvalue weighted by atomic mass is 35.5. The summed E-state index contributed by atoms with van der Waals surface area (Å²) in [6.07, 6.45) is 15.8. The van der Waals surface area contributed by atoms with Gasteiger partial charge in [0.2, 0.25) is 0 Å². The van der Waals surface area contributed by atoms with Crippen LogP contribution >= 0.6 is 11.6 Å². The summed E-state index contributed by atoms with van der Waals surface area (Å²) in [7, 11) is 0.373. The van der Waals surface area contributed by atoms with Crippen molar-refractivity contribution in [3.8, 4) is 5.75 Å². The molecule has 2 bridgehead atoms. The Balaban J connectivity index is 1.28. The third-order valence-electron chi connectivity index (χ3n) is 13.1. The molecule has 0 radical (unpaired) electrons. The van der Waals surface area contributed by atoms with Crippen molar-refractivity contribution in [2.45, 2.75) is 94.3 Å². The molecule has 2 fully saturated rings. The number of benzene rings is 2. The first-order valence-corrected chi connectivity index (χ1v) is 21.5. The van der Waals surface area contributed by atoms with E-state index in [1.165, 1.54) is 36.8 Å². The number of fused-ring (bicyclic) bond motifs is 4. The van der Waals surface area contributed by atoms with Gasteiger partial charge in [-0.15, -0.1) is 0 Å². The lowest BCUT2D eigenvalue weighted by atomic mass is 9.63. The summed E-state index contributed by atoms with van der Waals surface area (Å²) in [5.74, 6) is 1.32. The number of halogens is 1. The van der Waals surface area contributed by atoms with Gasteiger partial charge in [0.1, 0.15) is 22.3 Å². The fraction of sp³-hybridized carbons (Fsp3) is 0.643. The second-order valence-corrected chi connectivity index (χ2v) is 18.4. The number of amides is 1. The Kier molecular flexibility index (Phi) is 12.0. The van der Waals surface area contributed by atoms with Crippen LogP contribution in [0.25, 0.3) is 0 Å². The van der Waals surface area contributed by atoms with Crippen molar-refractivity contribution in [1.29, 1.82) is 0 Å². The molecule has 2 aliphatic carbocycles. The van der Waals surface area contributed by atoms with E-state index in [9.17, 15) is 9.00 Å². The fourth-order valence-electron chi connectivity index (χ4n) is 9.60. The molecule has 2 aromatic rings. The van der Waals surface area contributed by atoms with E-state index in [1.54, 1.807) is 0 Å². The summed E-state index contributed by atoms with van der Waals surface area (Å²) in [5.41, 5.74) is 3.44. The van der Waals surface area contributed by atoms with E-state index in [0.717, 1.165) is 101 Å². The Bertz CT molecular complexity index is 1630. The van der Waals surface area contributed by atoms with Crippen LogP contribution < -0.4 is 19.7 Å². The summed E-state index contributed by atoms with van der Waals surface area (Å²) >= 11 is 6.52. The quantitative estimate of drug-likeness (QED) is 0.325. The summed E-state index contributed by atoms with van der Waals surface area (Å²) in [6.45, 7) is 11.3. The molecular formula is C42H59ClN4O4S. The Morgan fingerprint density at radius 3 is 2.73 bits per heavy atom. The molecule has 5 unspecified atom stereocenters. The van der Waals surface area contributed by atoms with Crippen LogP contribution in [0, 0.1) is 17.8 Å². The van der Waals surface area contributed by atoms with Gasteiger partial charge < -0.3 is 19.7 Å². The van der Waals surface area contributed by atoms with Crippen LogP contribution in [0.1, 0.15) is 93.1 Å². The van der Waals surface area contributed by atoms with Crippen molar-refractivity contribution < 1.29 is 18.5 Å². The van der Waals surface area contributed by atoms with Crippen LogP contribution in [-0.4, -0.2) is 85.4 Å². The van der Waals surface area contributed by atoms with E-state index < -0.39 is 16.6 Å². The van der Waals surface area contributed by atoms with Gasteiger partial charge in [0, 0.05) is 55.8 Å². The maximum atomic E-state index is 13.6. The number of anilines is 1. The van der Waals surface area contributed by atoms with Crippen LogP contribution in [-0.2, 0) is 27.6 Å². The van der Waals surface area contributed by atoms with Gasteiger partial charge in [-0.1, -0.05) is 49.6 Å². The minimum absolute atomic E-state index is 0.107. The lowest BCUT2D eigenvalue weighted by molar-refractivity contribution is -0.0916. The molecule has 7 rings (SSSR count). The number of allylic oxidation sites excluding steroid dienone is 1. The number of hydrogen-bond acceptors (Lipinski definition) is 7. The molecule has 1 saturated heterocycles. The summed E-state index contributed by atoms with van der Waals surface area (Å²) < 4.78 is 29.9. The molecule has 0 aromatic heterocycles. The zero-order valence-electron chi connectivity index (χ0n) is 31.5. The summed E-state index contributed by atoms with van der Waals surface area (Å²) in [4.78, 5) is 18.8. The van der Waals surface area contributed by atoms with Crippen molar-refractivity contribution in [1.82, 2.24) is 14.9 Å². The highest BCUT2D eigenvalue weighted by Crippen LogP contribution is 2.49. The molecule has 5 aliphatic rings. The third kappa shape index (κ3) is 8.00. The first-order valence-electron chi connectivity index (χ1n) is 19.9. The normalized spacial score (nSPS) is 34.1. The molecular weight excluding hydrogens is 692 g/mol. The van der Waals surface area contributed by atoms with E-state index >= 15 is 0 Å². The largest absolute Gasteiger partial charge is 0.490 e. The fourth-order valence-corrected chi connectivity index (χ4v) is 10.8. The van der Waals surface area contributed by atoms with Gasteiger partial charge in [-0.05, 0) is 131 Å². The summed E-state index contributed by atoms with van der Waals surface area (Å²) in [5, 5.41) is 4.23. The molecule has 8 nitrogen and oxygen atoms in total. The lowest BCUT2D eigenvalue weighted by Crippen LogP contribution is -2.57. The minimum atomic E-state index is -1.54. The SMILES string of the molecule is CO[C@]1(CN2CCCCCCNCC2)/C=C/CC(C)C(C)S(=O)NC(=O)c2ccc3c(c2)N(CC2CCC21)C[C@@]1(CCCc2cc(Cl)ccc21)CO3. The topological polar surface area (TPSA) is 83.1 Å². The van der Waals surface area contributed by atoms with Crippen molar-refractivity contribution >= 4 is 34.2 Å². The number of aryl methyl sites for hydroxylation is 1. The van der Waals surface area contributed by atoms with Gasteiger partial charge in [0.05, 0.1) is 17.5 Å². The van der Waals surface area contributed by atoms with E-state index in [4.69, 9.17) is 21.1 Å². The number of carbonyl (C=O) groups is 1. The zero-order valence-corrected chi connectivity index (χ0v) is 33.0. The number of nitrogens with one attached hydrogen (secondary N) is 2. The van der Waals surface area contributed by atoms with E-state index in [1.807, 2.05) is 38.3 Å². The van der Waals surface area contributed by atoms with Gasteiger partial charge >= 0.3 is 0 Å². The van der Waals surface area contributed by atoms with Crippen LogP contribution in [0.4, 0.5) is 5.69 Å². The molecule has 284 valence electrons. The predicted octanol–water partition coefficient (Wildman–Crippen LogP) is 7.07. The number of nitrogens with zero attached hydrogens (tertiary/aromatic N) is 2. The number of ether oxygens (including phenoxy) is 2. The summed E-state index contributed by atoms with van der Waals surface area (Å²) in [6, 6.07) is 12.1. The van der Waals surface area contributed by atoms with Crippen molar-refractivity contribution in [2.75, 3.05) is 64.4 Å². The molecule has 1 spiro atoms. The highest BCUT2D eigenvalue weighted by molar-refractivity contribution is 7.84.